The van der Waals surface area contributed by atoms with Crippen LogP contribution in [0.25, 0.3) is 0 Å². The number of ether oxygens (including phenoxy) is 1. The number of hydrogen-bond donors (Lipinski definition) is 1. The highest BCUT2D eigenvalue weighted by Gasteiger charge is 2.14. The fourth-order valence-electron chi connectivity index (χ4n) is 2.03. The van der Waals surface area contributed by atoms with E-state index in [-0.39, 0.29) is 23.0 Å². The van der Waals surface area contributed by atoms with Gasteiger partial charge >= 0.3 is 0 Å². The molecule has 0 saturated heterocycles. The monoisotopic (exact) mass is 348 g/mol. The first-order valence-electron chi connectivity index (χ1n) is 7.33. The molecule has 2 aromatic rings. The molecule has 6 nitrogen and oxygen atoms in total. The van der Waals surface area contributed by atoms with Crippen molar-refractivity contribution in [3.8, 4) is 5.75 Å². The molecular weight excluding hydrogens is 332 g/mol. The van der Waals surface area contributed by atoms with Gasteiger partial charge in [-0.3, -0.25) is 14.9 Å². The number of anilines is 1. The van der Waals surface area contributed by atoms with Crippen molar-refractivity contribution in [3.05, 3.63) is 63.2 Å². The summed E-state index contributed by atoms with van der Waals surface area (Å²) in [6.07, 6.45) is 0. The number of hydrogen-bond acceptors (Lipinski definition) is 4. The lowest BCUT2D eigenvalue weighted by atomic mass is 10.0. The zero-order valence-electron chi connectivity index (χ0n) is 13.3. The first-order chi connectivity index (χ1) is 11.4. The molecule has 0 bridgehead atoms. The smallest absolute Gasteiger partial charge is 0.289 e. The number of carbonyl (C=O) groups is 1. The molecule has 0 radical (unpaired) electrons. The summed E-state index contributed by atoms with van der Waals surface area (Å²) in [4.78, 5) is 22.1. The van der Waals surface area contributed by atoms with Gasteiger partial charge in [0.15, 0.2) is 6.61 Å². The summed E-state index contributed by atoms with van der Waals surface area (Å²) in [5.74, 6) is 0.583. The quantitative estimate of drug-likeness (QED) is 0.620. The Balaban J connectivity index is 1.94. The Morgan fingerprint density at radius 1 is 1.25 bits per heavy atom. The molecule has 2 aromatic carbocycles. The van der Waals surface area contributed by atoms with E-state index in [4.69, 9.17) is 16.3 Å². The van der Waals surface area contributed by atoms with Crippen LogP contribution in [0.15, 0.2) is 42.5 Å². The number of nitro groups is 1. The Labute approximate surface area is 144 Å². The minimum absolute atomic E-state index is 0.0134. The molecule has 0 aromatic heterocycles. The Morgan fingerprint density at radius 2 is 1.92 bits per heavy atom. The molecular formula is C17H17ClN2O4. The van der Waals surface area contributed by atoms with Crippen LogP contribution in [0.5, 0.6) is 5.75 Å². The van der Waals surface area contributed by atoms with Crippen molar-refractivity contribution in [2.75, 3.05) is 11.9 Å². The second-order valence-electron chi connectivity index (χ2n) is 5.48. The Bertz CT molecular complexity index is 745. The first-order valence-corrected chi connectivity index (χ1v) is 7.71. The zero-order valence-corrected chi connectivity index (χ0v) is 14.0. The Hall–Kier alpha value is -2.60. The minimum Gasteiger partial charge on any atom is -0.484 e. The molecule has 0 unspecified atom stereocenters. The first kappa shape index (κ1) is 17.7. The average molecular weight is 349 g/mol. The summed E-state index contributed by atoms with van der Waals surface area (Å²) in [7, 11) is 0. The van der Waals surface area contributed by atoms with E-state index in [2.05, 4.69) is 19.2 Å². The molecule has 24 heavy (non-hydrogen) atoms. The van der Waals surface area contributed by atoms with Crippen LogP contribution in [0.1, 0.15) is 25.3 Å². The third-order valence-electron chi connectivity index (χ3n) is 3.34. The van der Waals surface area contributed by atoms with Gasteiger partial charge in [-0.15, -0.1) is 0 Å². The summed E-state index contributed by atoms with van der Waals surface area (Å²) in [6, 6.07) is 11.6. The molecule has 0 aliphatic heterocycles. The molecule has 126 valence electrons. The fourth-order valence-corrected chi connectivity index (χ4v) is 2.21. The largest absolute Gasteiger partial charge is 0.484 e. The van der Waals surface area contributed by atoms with Gasteiger partial charge in [0.25, 0.3) is 11.6 Å². The molecule has 0 aliphatic rings. The molecule has 7 heteroatoms. The molecule has 0 saturated carbocycles. The lowest BCUT2D eigenvalue weighted by Crippen LogP contribution is -2.20. The van der Waals surface area contributed by atoms with Crippen LogP contribution in [0.4, 0.5) is 11.4 Å². The van der Waals surface area contributed by atoms with Crippen molar-refractivity contribution in [1.29, 1.82) is 0 Å². The second-order valence-corrected chi connectivity index (χ2v) is 5.89. The zero-order chi connectivity index (χ0) is 17.7. The highest BCUT2D eigenvalue weighted by atomic mass is 35.5. The fraction of sp³-hybridized carbons (Fsp3) is 0.235. The Kier molecular flexibility index (Phi) is 5.76. The van der Waals surface area contributed by atoms with E-state index in [1.165, 1.54) is 23.8 Å². The maximum Gasteiger partial charge on any atom is 0.289 e. The average Bonchev–Trinajstić information content (AvgIpc) is 2.55. The standard InChI is InChI=1S/C17H17ClN2O4/c1-11(2)12-3-6-14(7-4-12)24-10-17(21)19-13-5-8-15(18)16(9-13)20(22)23/h3-9,11H,10H2,1-2H3,(H,19,21). The van der Waals surface area contributed by atoms with Crippen molar-refractivity contribution >= 4 is 28.9 Å². The number of rotatable bonds is 6. The molecule has 0 atom stereocenters. The summed E-state index contributed by atoms with van der Waals surface area (Å²) in [5.41, 5.74) is 1.20. The van der Waals surface area contributed by atoms with E-state index >= 15 is 0 Å². The van der Waals surface area contributed by atoms with Gasteiger partial charge in [-0.05, 0) is 35.7 Å². The number of nitrogens with one attached hydrogen (secondary N) is 1. The third kappa shape index (κ3) is 4.70. The van der Waals surface area contributed by atoms with Crippen LogP contribution in [0.2, 0.25) is 5.02 Å². The van der Waals surface area contributed by atoms with Crippen molar-refractivity contribution < 1.29 is 14.5 Å². The maximum absolute atomic E-state index is 11.9. The van der Waals surface area contributed by atoms with Crippen LogP contribution in [-0.2, 0) is 4.79 Å². The van der Waals surface area contributed by atoms with Crippen LogP contribution >= 0.6 is 11.6 Å². The SMILES string of the molecule is CC(C)c1ccc(OCC(=O)Nc2ccc(Cl)c([N+](=O)[O-])c2)cc1. The van der Waals surface area contributed by atoms with Gasteiger partial charge in [0, 0.05) is 11.8 Å². The number of amides is 1. The summed E-state index contributed by atoms with van der Waals surface area (Å²) < 4.78 is 5.40. The minimum atomic E-state index is -0.606. The van der Waals surface area contributed by atoms with Crippen molar-refractivity contribution in [2.45, 2.75) is 19.8 Å². The maximum atomic E-state index is 11.9. The number of carbonyl (C=O) groups excluding carboxylic acids is 1. The number of halogens is 1. The van der Waals surface area contributed by atoms with E-state index in [0.29, 0.717) is 11.7 Å². The van der Waals surface area contributed by atoms with E-state index in [1.54, 1.807) is 12.1 Å². The van der Waals surface area contributed by atoms with Gasteiger partial charge in [-0.1, -0.05) is 37.6 Å². The van der Waals surface area contributed by atoms with Crippen molar-refractivity contribution in [2.24, 2.45) is 0 Å². The third-order valence-corrected chi connectivity index (χ3v) is 3.66. The van der Waals surface area contributed by atoms with Gasteiger partial charge in [-0.2, -0.15) is 0 Å². The molecule has 0 spiro atoms. The number of nitrogens with zero attached hydrogens (tertiary/aromatic N) is 1. The predicted octanol–water partition coefficient (Wildman–Crippen LogP) is 4.39. The summed E-state index contributed by atoms with van der Waals surface area (Å²) >= 11 is 5.72. The normalized spacial score (nSPS) is 10.5. The molecule has 1 N–H and O–H groups in total. The van der Waals surface area contributed by atoms with Crippen molar-refractivity contribution in [1.82, 2.24) is 0 Å². The number of benzene rings is 2. The van der Waals surface area contributed by atoms with Gasteiger partial charge in [0.05, 0.1) is 4.92 Å². The van der Waals surface area contributed by atoms with Crippen LogP contribution in [0.3, 0.4) is 0 Å². The Morgan fingerprint density at radius 3 is 2.50 bits per heavy atom. The van der Waals surface area contributed by atoms with Gasteiger partial charge in [-0.25, -0.2) is 0 Å². The van der Waals surface area contributed by atoms with Gasteiger partial charge in [0.1, 0.15) is 10.8 Å². The summed E-state index contributed by atoms with van der Waals surface area (Å²) in [5, 5.41) is 13.4. The predicted molar refractivity (Wildman–Crippen MR) is 92.8 cm³/mol. The molecule has 0 fully saturated rings. The van der Waals surface area contributed by atoms with E-state index in [1.807, 2.05) is 12.1 Å². The van der Waals surface area contributed by atoms with E-state index in [9.17, 15) is 14.9 Å². The molecule has 1 amide bonds. The highest BCUT2D eigenvalue weighted by molar-refractivity contribution is 6.32. The van der Waals surface area contributed by atoms with Gasteiger partial charge in [0.2, 0.25) is 0 Å². The molecule has 0 heterocycles. The van der Waals surface area contributed by atoms with Crippen LogP contribution < -0.4 is 10.1 Å². The molecule has 2 rings (SSSR count). The molecule has 0 aliphatic carbocycles. The lowest BCUT2D eigenvalue weighted by Gasteiger charge is -2.09. The van der Waals surface area contributed by atoms with E-state index < -0.39 is 10.8 Å². The highest BCUT2D eigenvalue weighted by Crippen LogP contribution is 2.27. The van der Waals surface area contributed by atoms with E-state index in [0.717, 1.165) is 0 Å². The van der Waals surface area contributed by atoms with Gasteiger partial charge < -0.3 is 10.1 Å². The summed E-state index contributed by atoms with van der Waals surface area (Å²) in [6.45, 7) is 3.99. The van der Waals surface area contributed by atoms with Crippen LogP contribution in [-0.4, -0.2) is 17.4 Å². The van der Waals surface area contributed by atoms with Crippen molar-refractivity contribution in [3.63, 3.8) is 0 Å². The second kappa shape index (κ2) is 7.79. The van der Waals surface area contributed by atoms with Crippen LogP contribution in [0, 0.1) is 10.1 Å². The lowest BCUT2D eigenvalue weighted by molar-refractivity contribution is -0.384. The topological polar surface area (TPSA) is 81.5 Å². The number of nitro benzene ring substituents is 1.